The number of rotatable bonds is 2. The lowest BCUT2D eigenvalue weighted by molar-refractivity contribution is 0.102. The number of phenols is 1. The fourth-order valence-corrected chi connectivity index (χ4v) is 1.67. The first-order valence-corrected chi connectivity index (χ1v) is 5.66. The lowest BCUT2D eigenvalue weighted by Gasteiger charge is -2.07. The molecule has 18 heavy (non-hydrogen) atoms. The van der Waals surface area contributed by atoms with Gasteiger partial charge in [0.15, 0.2) is 0 Å². The van der Waals surface area contributed by atoms with E-state index >= 15 is 0 Å². The smallest absolute Gasteiger partial charge is 0.258 e. The van der Waals surface area contributed by atoms with Gasteiger partial charge in [-0.3, -0.25) is 9.78 Å². The minimum absolute atomic E-state index is 0.187. The minimum atomic E-state index is -0.335. The minimum Gasteiger partial charge on any atom is -0.508 e. The summed E-state index contributed by atoms with van der Waals surface area (Å²) in [6.07, 6.45) is 2.93. The Bertz CT molecular complexity index is 599. The van der Waals surface area contributed by atoms with Crippen LogP contribution in [-0.2, 0) is 0 Å². The highest BCUT2D eigenvalue weighted by molar-refractivity contribution is 6.34. The van der Waals surface area contributed by atoms with E-state index in [1.165, 1.54) is 18.5 Å². The Morgan fingerprint density at radius 2 is 2.17 bits per heavy atom. The quantitative estimate of drug-likeness (QED) is 0.818. The standard InChI is InChI=1S/C13H11ClN2O2/c1-8-6-9(2-3-12(8)17)16-13(18)10-7-15-5-4-11(10)14/h2-7,17H,1H3,(H,16,18). The Hall–Kier alpha value is -2.07. The average Bonchev–Trinajstić information content (AvgIpc) is 2.34. The van der Waals surface area contributed by atoms with Crippen LogP contribution in [0.2, 0.25) is 5.02 Å². The first-order chi connectivity index (χ1) is 8.58. The number of anilines is 1. The van der Waals surface area contributed by atoms with Crippen molar-refractivity contribution < 1.29 is 9.90 Å². The first-order valence-electron chi connectivity index (χ1n) is 5.28. The second kappa shape index (κ2) is 5.06. The molecule has 1 aromatic heterocycles. The number of pyridine rings is 1. The SMILES string of the molecule is Cc1cc(NC(=O)c2cnccc2Cl)ccc1O. The molecule has 0 saturated heterocycles. The van der Waals surface area contributed by atoms with Gasteiger partial charge in [0.25, 0.3) is 5.91 Å². The van der Waals surface area contributed by atoms with E-state index in [9.17, 15) is 9.90 Å². The van der Waals surface area contributed by atoms with E-state index in [1.807, 2.05) is 0 Å². The number of carbonyl (C=O) groups excluding carboxylic acids is 1. The van der Waals surface area contributed by atoms with Crippen LogP contribution in [0.4, 0.5) is 5.69 Å². The molecule has 0 fully saturated rings. The number of phenolic OH excluding ortho intramolecular Hbond substituents is 1. The molecule has 92 valence electrons. The number of aromatic hydroxyl groups is 1. The lowest BCUT2D eigenvalue weighted by atomic mass is 10.2. The molecule has 0 aliphatic carbocycles. The third kappa shape index (κ3) is 2.60. The molecule has 0 saturated carbocycles. The van der Waals surface area contributed by atoms with Crippen LogP contribution in [0.5, 0.6) is 5.75 Å². The number of halogens is 1. The molecule has 4 nitrogen and oxygen atoms in total. The third-order valence-electron chi connectivity index (χ3n) is 2.47. The van der Waals surface area contributed by atoms with Gasteiger partial charge in [-0.25, -0.2) is 0 Å². The molecule has 1 heterocycles. The average molecular weight is 263 g/mol. The summed E-state index contributed by atoms with van der Waals surface area (Å²) in [4.78, 5) is 15.8. The Morgan fingerprint density at radius 1 is 1.39 bits per heavy atom. The van der Waals surface area contributed by atoms with Gasteiger partial charge in [0.05, 0.1) is 10.6 Å². The second-order valence-electron chi connectivity index (χ2n) is 3.81. The Labute approximate surface area is 109 Å². The summed E-state index contributed by atoms with van der Waals surface area (Å²) in [6, 6.07) is 6.37. The lowest BCUT2D eigenvalue weighted by Crippen LogP contribution is -2.12. The Kier molecular flexibility index (Phi) is 3.48. The van der Waals surface area contributed by atoms with Crippen LogP contribution in [0.15, 0.2) is 36.7 Å². The molecule has 0 aliphatic heterocycles. The maximum absolute atomic E-state index is 11.9. The van der Waals surface area contributed by atoms with Gasteiger partial charge in [0.2, 0.25) is 0 Å². The van der Waals surface area contributed by atoms with Gasteiger partial charge < -0.3 is 10.4 Å². The molecule has 5 heteroatoms. The zero-order chi connectivity index (χ0) is 13.1. The van der Waals surface area contributed by atoms with Crippen molar-refractivity contribution in [1.82, 2.24) is 4.98 Å². The van der Waals surface area contributed by atoms with E-state index in [-0.39, 0.29) is 11.7 Å². The highest BCUT2D eigenvalue weighted by atomic mass is 35.5. The number of hydrogen-bond acceptors (Lipinski definition) is 3. The number of aromatic nitrogens is 1. The van der Waals surface area contributed by atoms with Gasteiger partial charge >= 0.3 is 0 Å². The monoisotopic (exact) mass is 262 g/mol. The van der Waals surface area contributed by atoms with E-state index in [0.29, 0.717) is 21.8 Å². The van der Waals surface area contributed by atoms with Crippen LogP contribution in [0.3, 0.4) is 0 Å². The van der Waals surface area contributed by atoms with Crippen molar-refractivity contribution in [3.63, 3.8) is 0 Å². The summed E-state index contributed by atoms with van der Waals surface area (Å²) < 4.78 is 0. The summed E-state index contributed by atoms with van der Waals surface area (Å²) in [5, 5.41) is 12.4. The fourth-order valence-electron chi connectivity index (χ4n) is 1.48. The van der Waals surface area contributed by atoms with Crippen molar-refractivity contribution in [2.75, 3.05) is 5.32 Å². The van der Waals surface area contributed by atoms with Crippen molar-refractivity contribution in [1.29, 1.82) is 0 Å². The molecule has 2 N–H and O–H groups in total. The van der Waals surface area contributed by atoms with Crippen LogP contribution in [-0.4, -0.2) is 16.0 Å². The van der Waals surface area contributed by atoms with E-state index < -0.39 is 0 Å². The molecule has 0 unspecified atom stereocenters. The van der Waals surface area contributed by atoms with E-state index in [2.05, 4.69) is 10.3 Å². The Morgan fingerprint density at radius 3 is 2.83 bits per heavy atom. The second-order valence-corrected chi connectivity index (χ2v) is 4.22. The van der Waals surface area contributed by atoms with Crippen LogP contribution in [0, 0.1) is 6.92 Å². The van der Waals surface area contributed by atoms with Gasteiger partial charge in [0, 0.05) is 18.1 Å². The van der Waals surface area contributed by atoms with Crippen LogP contribution in [0.1, 0.15) is 15.9 Å². The van der Waals surface area contributed by atoms with Crippen molar-refractivity contribution in [2.24, 2.45) is 0 Å². The zero-order valence-electron chi connectivity index (χ0n) is 9.64. The van der Waals surface area contributed by atoms with Gasteiger partial charge in [-0.15, -0.1) is 0 Å². The zero-order valence-corrected chi connectivity index (χ0v) is 10.4. The van der Waals surface area contributed by atoms with Gasteiger partial charge in [0.1, 0.15) is 5.75 Å². The molecule has 0 atom stereocenters. The van der Waals surface area contributed by atoms with E-state index in [1.54, 1.807) is 25.1 Å². The summed E-state index contributed by atoms with van der Waals surface area (Å²) in [6.45, 7) is 1.75. The number of aryl methyl sites for hydroxylation is 1. The van der Waals surface area contributed by atoms with Crippen LogP contribution < -0.4 is 5.32 Å². The molecule has 2 aromatic rings. The van der Waals surface area contributed by atoms with E-state index in [4.69, 9.17) is 11.6 Å². The Balaban J connectivity index is 2.22. The molecule has 1 amide bonds. The van der Waals surface area contributed by atoms with Crippen molar-refractivity contribution >= 4 is 23.2 Å². The number of nitrogens with zero attached hydrogens (tertiary/aromatic N) is 1. The number of amides is 1. The molecule has 0 radical (unpaired) electrons. The summed E-state index contributed by atoms with van der Waals surface area (Å²) in [7, 11) is 0. The molecule has 0 aliphatic rings. The van der Waals surface area contributed by atoms with Gasteiger partial charge in [-0.05, 0) is 36.8 Å². The predicted molar refractivity (Wildman–Crippen MR) is 70.0 cm³/mol. The number of benzene rings is 1. The van der Waals surface area contributed by atoms with Gasteiger partial charge in [-0.2, -0.15) is 0 Å². The molecule has 0 bridgehead atoms. The van der Waals surface area contributed by atoms with E-state index in [0.717, 1.165) is 0 Å². The third-order valence-corrected chi connectivity index (χ3v) is 2.80. The number of carbonyl (C=O) groups is 1. The fraction of sp³-hybridized carbons (Fsp3) is 0.0769. The molecule has 2 rings (SSSR count). The van der Waals surface area contributed by atoms with Crippen molar-refractivity contribution in [3.05, 3.63) is 52.8 Å². The summed E-state index contributed by atoms with van der Waals surface area (Å²) in [5.41, 5.74) is 1.59. The number of nitrogens with one attached hydrogen (secondary N) is 1. The van der Waals surface area contributed by atoms with Crippen molar-refractivity contribution in [3.8, 4) is 5.75 Å². The normalized spacial score (nSPS) is 10.1. The van der Waals surface area contributed by atoms with Crippen molar-refractivity contribution in [2.45, 2.75) is 6.92 Å². The maximum atomic E-state index is 11.9. The highest BCUT2D eigenvalue weighted by Crippen LogP contribution is 2.21. The largest absolute Gasteiger partial charge is 0.508 e. The van der Waals surface area contributed by atoms with Gasteiger partial charge in [-0.1, -0.05) is 11.6 Å². The van der Waals surface area contributed by atoms with Crippen LogP contribution in [0.25, 0.3) is 0 Å². The van der Waals surface area contributed by atoms with Crippen LogP contribution >= 0.6 is 11.6 Å². The molecular weight excluding hydrogens is 252 g/mol. The topological polar surface area (TPSA) is 62.2 Å². The first kappa shape index (κ1) is 12.4. The summed E-state index contributed by atoms with van der Waals surface area (Å²) in [5.74, 6) is -0.148. The summed E-state index contributed by atoms with van der Waals surface area (Å²) >= 11 is 5.90. The maximum Gasteiger partial charge on any atom is 0.258 e. The highest BCUT2D eigenvalue weighted by Gasteiger charge is 2.10. The molecular formula is C13H11ClN2O2. The molecule has 1 aromatic carbocycles. The predicted octanol–water partition coefficient (Wildman–Crippen LogP) is 3.00. The number of hydrogen-bond donors (Lipinski definition) is 2. The molecule has 0 spiro atoms.